The van der Waals surface area contributed by atoms with Crippen molar-refractivity contribution in [3.8, 4) is 5.69 Å². The van der Waals surface area contributed by atoms with Crippen LogP contribution in [0.5, 0.6) is 0 Å². The minimum absolute atomic E-state index is 0.0847. The van der Waals surface area contributed by atoms with Gasteiger partial charge in [-0.3, -0.25) is 4.79 Å². The van der Waals surface area contributed by atoms with Gasteiger partial charge in [0.1, 0.15) is 11.5 Å². The molecule has 1 aliphatic heterocycles. The maximum Gasteiger partial charge on any atom is 0.253 e. The quantitative estimate of drug-likeness (QED) is 0.854. The molecule has 1 fully saturated rings. The normalized spacial score (nSPS) is 15.1. The molecule has 0 unspecified atom stereocenters. The van der Waals surface area contributed by atoms with Crippen LogP contribution in [-0.2, 0) is 0 Å². The predicted octanol–water partition coefficient (Wildman–Crippen LogP) is 3.25. The molecule has 0 radical (unpaired) electrons. The zero-order chi connectivity index (χ0) is 15.7. The summed E-state index contributed by atoms with van der Waals surface area (Å²) in [6.07, 6.45) is 3.21. The lowest BCUT2D eigenvalue weighted by Gasteiger charge is -2.26. The fourth-order valence-electron chi connectivity index (χ4n) is 2.96. The number of piperidine rings is 1. The Hall–Kier alpha value is -2.17. The van der Waals surface area contributed by atoms with E-state index in [-0.39, 0.29) is 5.91 Å². The summed E-state index contributed by atoms with van der Waals surface area (Å²) in [5.41, 5.74) is 2.49. The molecule has 4 nitrogen and oxygen atoms in total. The smallest absolute Gasteiger partial charge is 0.253 e. The molecule has 1 saturated heterocycles. The predicted molar refractivity (Wildman–Crippen MR) is 82.8 cm³/mol. The maximum atomic E-state index is 14.4. The van der Waals surface area contributed by atoms with Crippen LogP contribution in [0.1, 0.15) is 41.0 Å². The van der Waals surface area contributed by atoms with Crippen LogP contribution in [0.3, 0.4) is 0 Å². The first-order valence-corrected chi connectivity index (χ1v) is 7.69. The van der Waals surface area contributed by atoms with E-state index >= 15 is 0 Å². The van der Waals surface area contributed by atoms with E-state index in [0.29, 0.717) is 11.3 Å². The summed E-state index contributed by atoms with van der Waals surface area (Å²) in [7, 11) is 0. The Morgan fingerprint density at radius 3 is 2.45 bits per heavy atom. The van der Waals surface area contributed by atoms with Crippen LogP contribution in [0, 0.1) is 19.7 Å². The molecule has 1 aromatic heterocycles. The van der Waals surface area contributed by atoms with Gasteiger partial charge in [0.25, 0.3) is 5.91 Å². The summed E-state index contributed by atoms with van der Waals surface area (Å²) in [6.45, 7) is 5.28. The highest BCUT2D eigenvalue weighted by Gasteiger charge is 2.20. The number of amides is 1. The Balaban J connectivity index is 1.89. The standard InChI is InChI=1S/C17H20FN3O/c1-12-10-13(2)21(19-12)16-7-6-14(11-15(16)18)17(22)20-8-4-3-5-9-20/h6-7,10-11H,3-5,8-9H2,1-2H3. The third-order valence-electron chi connectivity index (χ3n) is 4.08. The van der Waals surface area contributed by atoms with Gasteiger partial charge in [-0.05, 0) is 57.4 Å². The van der Waals surface area contributed by atoms with Crippen molar-refractivity contribution in [2.45, 2.75) is 33.1 Å². The second-order valence-electron chi connectivity index (χ2n) is 5.86. The van der Waals surface area contributed by atoms with Gasteiger partial charge in [-0.1, -0.05) is 0 Å². The van der Waals surface area contributed by atoms with E-state index in [1.165, 1.54) is 6.07 Å². The highest BCUT2D eigenvalue weighted by molar-refractivity contribution is 5.94. The van der Waals surface area contributed by atoms with Crippen LogP contribution in [-0.4, -0.2) is 33.7 Å². The first-order chi connectivity index (χ1) is 10.6. The molecule has 0 atom stereocenters. The van der Waals surface area contributed by atoms with Crippen molar-refractivity contribution >= 4 is 5.91 Å². The van der Waals surface area contributed by atoms with E-state index in [2.05, 4.69) is 5.10 Å². The SMILES string of the molecule is Cc1cc(C)n(-c2ccc(C(=O)N3CCCCC3)cc2F)n1. The minimum atomic E-state index is -0.422. The fourth-order valence-corrected chi connectivity index (χ4v) is 2.96. The molecule has 3 rings (SSSR count). The van der Waals surface area contributed by atoms with Gasteiger partial charge >= 0.3 is 0 Å². The fraction of sp³-hybridized carbons (Fsp3) is 0.412. The van der Waals surface area contributed by atoms with Gasteiger partial charge in [0, 0.05) is 24.3 Å². The first-order valence-electron chi connectivity index (χ1n) is 7.69. The Labute approximate surface area is 129 Å². The molecule has 0 N–H and O–H groups in total. The number of carbonyl (C=O) groups is 1. The highest BCUT2D eigenvalue weighted by Crippen LogP contribution is 2.19. The third kappa shape index (κ3) is 2.75. The number of aryl methyl sites for hydroxylation is 2. The van der Waals surface area contributed by atoms with Crippen molar-refractivity contribution < 1.29 is 9.18 Å². The molecule has 1 aliphatic rings. The number of hydrogen-bond donors (Lipinski definition) is 0. The number of likely N-dealkylation sites (tertiary alicyclic amines) is 1. The number of aromatic nitrogens is 2. The second kappa shape index (κ2) is 5.91. The van der Waals surface area contributed by atoms with E-state index in [4.69, 9.17) is 0 Å². The zero-order valence-corrected chi connectivity index (χ0v) is 13.0. The van der Waals surface area contributed by atoms with E-state index < -0.39 is 5.82 Å². The van der Waals surface area contributed by atoms with Gasteiger partial charge in [-0.2, -0.15) is 5.10 Å². The summed E-state index contributed by atoms with van der Waals surface area (Å²) in [4.78, 5) is 14.2. The van der Waals surface area contributed by atoms with Crippen molar-refractivity contribution in [1.29, 1.82) is 0 Å². The number of nitrogens with zero attached hydrogens (tertiary/aromatic N) is 3. The molecule has 2 aromatic rings. The Morgan fingerprint density at radius 1 is 1.14 bits per heavy atom. The number of benzene rings is 1. The van der Waals surface area contributed by atoms with Crippen LogP contribution in [0.15, 0.2) is 24.3 Å². The molecule has 1 amide bonds. The molecule has 1 aromatic carbocycles. The minimum Gasteiger partial charge on any atom is -0.339 e. The lowest BCUT2D eigenvalue weighted by molar-refractivity contribution is 0.0724. The van der Waals surface area contributed by atoms with Crippen molar-refractivity contribution in [2.75, 3.05) is 13.1 Å². The summed E-state index contributed by atoms with van der Waals surface area (Å²) in [6, 6.07) is 6.53. The Bertz CT molecular complexity index is 702. The molecule has 5 heteroatoms. The first kappa shape index (κ1) is 14.8. The summed E-state index contributed by atoms with van der Waals surface area (Å²) in [5.74, 6) is -0.507. The molecular weight excluding hydrogens is 281 g/mol. The van der Waals surface area contributed by atoms with Crippen LogP contribution in [0.2, 0.25) is 0 Å². The van der Waals surface area contributed by atoms with Crippen LogP contribution < -0.4 is 0 Å². The molecule has 116 valence electrons. The number of hydrogen-bond acceptors (Lipinski definition) is 2. The summed E-state index contributed by atoms with van der Waals surface area (Å²) >= 11 is 0. The Kier molecular flexibility index (Phi) is 3.96. The average Bonchev–Trinajstić information content (AvgIpc) is 2.85. The van der Waals surface area contributed by atoms with Crippen molar-refractivity contribution in [1.82, 2.24) is 14.7 Å². The van der Waals surface area contributed by atoms with E-state index in [1.807, 2.05) is 19.9 Å². The van der Waals surface area contributed by atoms with Gasteiger partial charge in [-0.25, -0.2) is 9.07 Å². The second-order valence-corrected chi connectivity index (χ2v) is 5.86. The summed E-state index contributed by atoms with van der Waals surface area (Å²) in [5, 5.41) is 4.29. The van der Waals surface area contributed by atoms with Crippen molar-refractivity contribution in [3.63, 3.8) is 0 Å². The van der Waals surface area contributed by atoms with Crippen molar-refractivity contribution in [2.24, 2.45) is 0 Å². The van der Waals surface area contributed by atoms with Gasteiger partial charge in [0.2, 0.25) is 0 Å². The van der Waals surface area contributed by atoms with Crippen LogP contribution >= 0.6 is 0 Å². The Morgan fingerprint density at radius 2 is 1.86 bits per heavy atom. The third-order valence-corrected chi connectivity index (χ3v) is 4.08. The molecule has 22 heavy (non-hydrogen) atoms. The molecule has 0 aliphatic carbocycles. The summed E-state index contributed by atoms with van der Waals surface area (Å²) < 4.78 is 16.0. The lowest BCUT2D eigenvalue weighted by Crippen LogP contribution is -2.35. The van der Waals surface area contributed by atoms with Crippen LogP contribution in [0.25, 0.3) is 5.69 Å². The van der Waals surface area contributed by atoms with Gasteiger partial charge in [0.15, 0.2) is 0 Å². The van der Waals surface area contributed by atoms with E-state index in [0.717, 1.165) is 43.7 Å². The van der Waals surface area contributed by atoms with Gasteiger partial charge in [-0.15, -0.1) is 0 Å². The zero-order valence-electron chi connectivity index (χ0n) is 13.0. The molecule has 0 spiro atoms. The highest BCUT2D eigenvalue weighted by atomic mass is 19.1. The maximum absolute atomic E-state index is 14.4. The van der Waals surface area contributed by atoms with Crippen molar-refractivity contribution in [3.05, 3.63) is 47.0 Å². The number of halogens is 1. The molecule has 0 saturated carbocycles. The molecule has 2 heterocycles. The number of carbonyl (C=O) groups excluding carboxylic acids is 1. The van der Waals surface area contributed by atoms with Crippen LogP contribution in [0.4, 0.5) is 4.39 Å². The molecular formula is C17H20FN3O. The lowest BCUT2D eigenvalue weighted by atomic mass is 10.1. The monoisotopic (exact) mass is 301 g/mol. The van der Waals surface area contributed by atoms with E-state index in [1.54, 1.807) is 21.7 Å². The average molecular weight is 301 g/mol. The molecule has 0 bridgehead atoms. The van der Waals surface area contributed by atoms with Gasteiger partial charge < -0.3 is 4.90 Å². The number of rotatable bonds is 2. The topological polar surface area (TPSA) is 38.1 Å². The largest absolute Gasteiger partial charge is 0.339 e. The van der Waals surface area contributed by atoms with E-state index in [9.17, 15) is 9.18 Å². The van der Waals surface area contributed by atoms with Gasteiger partial charge in [0.05, 0.1) is 5.69 Å².